The molecule has 1 atom stereocenters. The number of halogens is 1. The number of rotatable bonds is 5. The number of benzene rings is 1. The van der Waals surface area contributed by atoms with Crippen molar-refractivity contribution in [3.63, 3.8) is 0 Å². The Bertz CT molecular complexity index is 462. The molecule has 1 aromatic carbocycles. The van der Waals surface area contributed by atoms with Crippen LogP contribution >= 0.6 is 12.4 Å². The minimum absolute atomic E-state index is 0. The Morgan fingerprint density at radius 2 is 2.00 bits per heavy atom. The number of piperidine rings is 1. The predicted molar refractivity (Wildman–Crippen MR) is 91.7 cm³/mol. The Balaban J connectivity index is 0.00000242. The second-order valence-electron chi connectivity index (χ2n) is 5.98. The summed E-state index contributed by atoms with van der Waals surface area (Å²) >= 11 is 0. The van der Waals surface area contributed by atoms with Crippen LogP contribution in [-0.2, 0) is 4.79 Å². The molecule has 22 heavy (non-hydrogen) atoms. The maximum atomic E-state index is 12.3. The number of hydrogen-bond acceptors (Lipinski definition) is 3. The van der Waals surface area contributed by atoms with Crippen LogP contribution in [0.4, 0.5) is 0 Å². The fourth-order valence-corrected chi connectivity index (χ4v) is 2.75. The van der Waals surface area contributed by atoms with Gasteiger partial charge in [-0.2, -0.15) is 0 Å². The molecule has 2 rings (SSSR count). The van der Waals surface area contributed by atoms with E-state index in [-0.39, 0.29) is 31.0 Å². The van der Waals surface area contributed by atoms with Crippen molar-refractivity contribution in [1.29, 1.82) is 0 Å². The Morgan fingerprint density at radius 1 is 1.32 bits per heavy atom. The lowest BCUT2D eigenvalue weighted by Crippen LogP contribution is -2.49. The number of amides is 1. The minimum atomic E-state index is 0. The van der Waals surface area contributed by atoms with Gasteiger partial charge in [-0.05, 0) is 42.9 Å². The van der Waals surface area contributed by atoms with Crippen molar-refractivity contribution in [2.45, 2.75) is 45.1 Å². The first-order chi connectivity index (χ1) is 10.1. The average molecular weight is 327 g/mol. The van der Waals surface area contributed by atoms with E-state index in [4.69, 9.17) is 10.5 Å². The highest BCUT2D eigenvalue weighted by atomic mass is 35.5. The molecule has 5 heteroatoms. The Hall–Kier alpha value is -1.26. The standard InChI is InChI=1S/C17H26N2O2.ClH/c1-13(2)14-6-8-16(9-7-14)21-12-17(20)19-10-4-3-5-15(19)11-18;/h6-9,13,15H,3-5,10-12,18H2,1-2H3;1H. The Kier molecular flexibility index (Phi) is 7.69. The van der Waals surface area contributed by atoms with E-state index in [0.29, 0.717) is 12.5 Å². The fraction of sp³-hybridized carbons (Fsp3) is 0.588. The summed E-state index contributed by atoms with van der Waals surface area (Å²) in [5.41, 5.74) is 7.02. The van der Waals surface area contributed by atoms with Crippen LogP contribution in [0.25, 0.3) is 0 Å². The van der Waals surface area contributed by atoms with Gasteiger partial charge in [0.2, 0.25) is 0 Å². The van der Waals surface area contributed by atoms with E-state index in [1.807, 2.05) is 29.2 Å². The van der Waals surface area contributed by atoms with Gasteiger partial charge in [0.15, 0.2) is 6.61 Å². The highest BCUT2D eigenvalue weighted by Gasteiger charge is 2.25. The van der Waals surface area contributed by atoms with E-state index in [2.05, 4.69) is 13.8 Å². The molecule has 4 nitrogen and oxygen atoms in total. The molecule has 124 valence electrons. The van der Waals surface area contributed by atoms with Gasteiger partial charge >= 0.3 is 0 Å². The summed E-state index contributed by atoms with van der Waals surface area (Å²) in [6.07, 6.45) is 3.22. The molecular weight excluding hydrogens is 300 g/mol. The molecule has 0 aliphatic carbocycles. The molecule has 1 fully saturated rings. The van der Waals surface area contributed by atoms with E-state index in [9.17, 15) is 4.79 Å². The monoisotopic (exact) mass is 326 g/mol. The van der Waals surface area contributed by atoms with Crippen molar-refractivity contribution in [3.8, 4) is 5.75 Å². The normalized spacial score (nSPS) is 18.0. The Labute approximate surface area is 139 Å². The summed E-state index contributed by atoms with van der Waals surface area (Å²) in [5, 5.41) is 0. The lowest BCUT2D eigenvalue weighted by atomic mass is 10.0. The first kappa shape index (κ1) is 18.8. The molecule has 1 aromatic rings. The minimum Gasteiger partial charge on any atom is -0.484 e. The van der Waals surface area contributed by atoms with Crippen LogP contribution in [0.1, 0.15) is 44.6 Å². The summed E-state index contributed by atoms with van der Waals surface area (Å²) in [4.78, 5) is 14.1. The maximum Gasteiger partial charge on any atom is 0.260 e. The SMILES string of the molecule is CC(C)c1ccc(OCC(=O)N2CCCCC2CN)cc1.Cl. The molecule has 0 radical (unpaired) electrons. The number of carbonyl (C=O) groups excluding carboxylic acids is 1. The van der Waals surface area contributed by atoms with Crippen LogP contribution in [0.15, 0.2) is 24.3 Å². The number of hydrogen-bond donors (Lipinski definition) is 1. The zero-order chi connectivity index (χ0) is 15.2. The van der Waals surface area contributed by atoms with Crippen LogP contribution < -0.4 is 10.5 Å². The summed E-state index contributed by atoms with van der Waals surface area (Å²) in [7, 11) is 0. The van der Waals surface area contributed by atoms with Crippen LogP contribution in [0.5, 0.6) is 5.75 Å². The second kappa shape index (κ2) is 9.01. The highest BCUT2D eigenvalue weighted by molar-refractivity contribution is 5.85. The van der Waals surface area contributed by atoms with Gasteiger partial charge in [-0.15, -0.1) is 12.4 Å². The van der Waals surface area contributed by atoms with Gasteiger partial charge in [0.25, 0.3) is 5.91 Å². The van der Waals surface area contributed by atoms with E-state index < -0.39 is 0 Å². The van der Waals surface area contributed by atoms with Crippen LogP contribution in [0.3, 0.4) is 0 Å². The zero-order valence-corrected chi connectivity index (χ0v) is 14.3. The van der Waals surface area contributed by atoms with Crippen LogP contribution in [-0.4, -0.2) is 36.5 Å². The predicted octanol–water partition coefficient (Wildman–Crippen LogP) is 2.95. The number of likely N-dealkylation sites (tertiary alicyclic amines) is 1. The van der Waals surface area contributed by atoms with Gasteiger partial charge in [0.1, 0.15) is 5.75 Å². The number of nitrogens with zero attached hydrogens (tertiary/aromatic N) is 1. The third-order valence-corrected chi connectivity index (χ3v) is 4.13. The number of carbonyl (C=O) groups is 1. The molecule has 0 saturated carbocycles. The van der Waals surface area contributed by atoms with Gasteiger partial charge < -0.3 is 15.4 Å². The molecule has 2 N–H and O–H groups in total. The molecule has 1 aliphatic heterocycles. The van der Waals surface area contributed by atoms with Crippen molar-refractivity contribution in [3.05, 3.63) is 29.8 Å². The first-order valence-electron chi connectivity index (χ1n) is 7.84. The quantitative estimate of drug-likeness (QED) is 0.905. The van der Waals surface area contributed by atoms with Crippen LogP contribution in [0, 0.1) is 0 Å². The molecule has 1 amide bonds. The lowest BCUT2D eigenvalue weighted by Gasteiger charge is -2.34. The largest absolute Gasteiger partial charge is 0.484 e. The lowest BCUT2D eigenvalue weighted by molar-refractivity contribution is -0.136. The van der Waals surface area contributed by atoms with Crippen molar-refractivity contribution < 1.29 is 9.53 Å². The van der Waals surface area contributed by atoms with Crippen molar-refractivity contribution in [1.82, 2.24) is 4.90 Å². The van der Waals surface area contributed by atoms with E-state index in [1.54, 1.807) is 0 Å². The van der Waals surface area contributed by atoms with Gasteiger partial charge in [0, 0.05) is 19.1 Å². The summed E-state index contributed by atoms with van der Waals surface area (Å²) < 4.78 is 5.62. The van der Waals surface area contributed by atoms with Crippen LogP contribution in [0.2, 0.25) is 0 Å². The van der Waals surface area contributed by atoms with Gasteiger partial charge in [-0.1, -0.05) is 26.0 Å². The molecule has 1 aliphatic rings. The average Bonchev–Trinajstić information content (AvgIpc) is 2.52. The second-order valence-corrected chi connectivity index (χ2v) is 5.98. The molecule has 1 unspecified atom stereocenters. The highest BCUT2D eigenvalue weighted by Crippen LogP contribution is 2.19. The van der Waals surface area contributed by atoms with E-state index >= 15 is 0 Å². The van der Waals surface area contributed by atoms with E-state index in [1.165, 1.54) is 5.56 Å². The topological polar surface area (TPSA) is 55.6 Å². The summed E-state index contributed by atoms with van der Waals surface area (Å²) in [6.45, 7) is 5.74. The molecule has 0 aromatic heterocycles. The van der Waals surface area contributed by atoms with Crippen molar-refractivity contribution >= 4 is 18.3 Å². The fourth-order valence-electron chi connectivity index (χ4n) is 2.75. The molecule has 0 spiro atoms. The number of ether oxygens (including phenoxy) is 1. The van der Waals surface area contributed by atoms with Gasteiger partial charge in [-0.25, -0.2) is 0 Å². The zero-order valence-electron chi connectivity index (χ0n) is 13.5. The van der Waals surface area contributed by atoms with Crippen molar-refractivity contribution in [2.24, 2.45) is 5.73 Å². The molecule has 0 bridgehead atoms. The maximum absolute atomic E-state index is 12.3. The summed E-state index contributed by atoms with van der Waals surface area (Å²) in [6, 6.07) is 8.14. The number of nitrogens with two attached hydrogens (primary N) is 1. The summed E-state index contributed by atoms with van der Waals surface area (Å²) in [5.74, 6) is 1.28. The van der Waals surface area contributed by atoms with Gasteiger partial charge in [0.05, 0.1) is 0 Å². The molecule has 1 saturated heterocycles. The third kappa shape index (κ3) is 4.89. The Morgan fingerprint density at radius 3 is 2.59 bits per heavy atom. The smallest absolute Gasteiger partial charge is 0.260 e. The first-order valence-corrected chi connectivity index (χ1v) is 7.84. The van der Waals surface area contributed by atoms with Gasteiger partial charge in [-0.3, -0.25) is 4.79 Å². The third-order valence-electron chi connectivity index (χ3n) is 4.13. The molecule has 1 heterocycles. The molecular formula is C17H27ClN2O2. The van der Waals surface area contributed by atoms with Crippen molar-refractivity contribution in [2.75, 3.05) is 19.7 Å². The van der Waals surface area contributed by atoms with E-state index in [0.717, 1.165) is 31.6 Å².